The smallest absolute Gasteiger partial charge is 0.327 e. The van der Waals surface area contributed by atoms with Crippen LogP contribution in [0.2, 0.25) is 0 Å². The van der Waals surface area contributed by atoms with Crippen molar-refractivity contribution < 1.29 is 14.3 Å². The van der Waals surface area contributed by atoms with Crippen LogP contribution >= 0.6 is 11.8 Å². The van der Waals surface area contributed by atoms with Crippen molar-refractivity contribution in [2.75, 3.05) is 38.3 Å². The predicted octanol–water partition coefficient (Wildman–Crippen LogP) is 0.649. The summed E-state index contributed by atoms with van der Waals surface area (Å²) in [7, 11) is 1.59. The highest BCUT2D eigenvalue weighted by Gasteiger charge is 2.43. The van der Waals surface area contributed by atoms with E-state index < -0.39 is 0 Å². The molecule has 0 aliphatic carbocycles. The number of ether oxygens (including phenoxy) is 1. The average Bonchev–Trinajstić information content (AvgIpc) is 2.81. The molecule has 17 heavy (non-hydrogen) atoms. The van der Waals surface area contributed by atoms with E-state index in [1.54, 1.807) is 12.0 Å². The molecule has 3 amide bonds. The quantitative estimate of drug-likeness (QED) is 0.695. The lowest BCUT2D eigenvalue weighted by atomic mass is 10.1. The van der Waals surface area contributed by atoms with E-state index in [0.29, 0.717) is 19.1 Å². The van der Waals surface area contributed by atoms with E-state index in [2.05, 4.69) is 6.92 Å². The molecule has 0 radical (unpaired) electrons. The zero-order valence-electron chi connectivity index (χ0n) is 10.2. The maximum absolute atomic E-state index is 12.1. The minimum atomic E-state index is -0.147. The van der Waals surface area contributed by atoms with Gasteiger partial charge in [-0.05, 0) is 11.7 Å². The van der Waals surface area contributed by atoms with Gasteiger partial charge in [-0.2, -0.15) is 11.8 Å². The van der Waals surface area contributed by atoms with Gasteiger partial charge in [0.2, 0.25) is 0 Å². The molecule has 0 saturated carbocycles. The zero-order chi connectivity index (χ0) is 12.4. The first-order valence-electron chi connectivity index (χ1n) is 5.82. The second-order valence-electron chi connectivity index (χ2n) is 4.54. The minimum absolute atomic E-state index is 0.0644. The molecule has 0 N–H and O–H groups in total. The van der Waals surface area contributed by atoms with Gasteiger partial charge in [0.1, 0.15) is 6.54 Å². The van der Waals surface area contributed by atoms with E-state index in [-0.39, 0.29) is 24.5 Å². The van der Waals surface area contributed by atoms with Crippen molar-refractivity contribution in [3.8, 4) is 0 Å². The first kappa shape index (κ1) is 12.7. The van der Waals surface area contributed by atoms with Gasteiger partial charge in [0.15, 0.2) is 0 Å². The first-order valence-corrected chi connectivity index (χ1v) is 6.98. The third-order valence-corrected chi connectivity index (χ3v) is 4.63. The molecule has 0 bridgehead atoms. The zero-order valence-corrected chi connectivity index (χ0v) is 11.0. The molecule has 2 saturated heterocycles. The highest BCUT2D eigenvalue weighted by Crippen LogP contribution is 2.30. The molecule has 0 unspecified atom stereocenters. The summed E-state index contributed by atoms with van der Waals surface area (Å²) in [5.74, 6) is 2.23. The molecule has 0 aromatic rings. The molecule has 2 aliphatic heterocycles. The first-order chi connectivity index (χ1) is 8.15. The molecule has 96 valence electrons. The standard InChI is InChI=1S/C11H18N2O3S/c1-8-6-17-7-9(8)13-10(14)5-12(11(13)15)3-4-16-2/h8-9H,3-7H2,1-2H3/t8-,9+/m0/s1. The van der Waals surface area contributed by atoms with Crippen LogP contribution in [0.4, 0.5) is 4.79 Å². The fourth-order valence-electron chi connectivity index (χ4n) is 2.25. The summed E-state index contributed by atoms with van der Waals surface area (Å²) in [6, 6.07) is -0.0704. The van der Waals surface area contributed by atoms with Gasteiger partial charge >= 0.3 is 6.03 Å². The Morgan fingerprint density at radius 3 is 2.76 bits per heavy atom. The highest BCUT2D eigenvalue weighted by molar-refractivity contribution is 7.99. The number of carbonyl (C=O) groups excluding carboxylic acids is 2. The Kier molecular flexibility index (Phi) is 3.93. The molecule has 2 atom stereocenters. The monoisotopic (exact) mass is 258 g/mol. The van der Waals surface area contributed by atoms with E-state index >= 15 is 0 Å². The number of urea groups is 1. The van der Waals surface area contributed by atoms with Crippen molar-refractivity contribution in [1.82, 2.24) is 9.80 Å². The number of carbonyl (C=O) groups is 2. The van der Waals surface area contributed by atoms with Crippen LogP contribution in [0, 0.1) is 5.92 Å². The summed E-state index contributed by atoms with van der Waals surface area (Å²) < 4.78 is 4.94. The number of thioether (sulfide) groups is 1. The Morgan fingerprint density at radius 1 is 1.41 bits per heavy atom. The fourth-order valence-corrected chi connectivity index (χ4v) is 3.70. The molecular formula is C11H18N2O3S. The van der Waals surface area contributed by atoms with Crippen LogP contribution in [-0.2, 0) is 9.53 Å². The van der Waals surface area contributed by atoms with E-state index in [1.807, 2.05) is 11.8 Å². The van der Waals surface area contributed by atoms with Crippen LogP contribution in [0.5, 0.6) is 0 Å². The number of nitrogens with zero attached hydrogens (tertiary/aromatic N) is 2. The third-order valence-electron chi connectivity index (χ3n) is 3.29. The number of amides is 3. The maximum Gasteiger partial charge on any atom is 0.327 e. The van der Waals surface area contributed by atoms with E-state index in [1.165, 1.54) is 4.90 Å². The summed E-state index contributed by atoms with van der Waals surface area (Å²) >= 11 is 1.81. The summed E-state index contributed by atoms with van der Waals surface area (Å²) in [6.07, 6.45) is 0. The molecule has 0 aromatic carbocycles. The minimum Gasteiger partial charge on any atom is -0.383 e. The van der Waals surface area contributed by atoms with E-state index in [4.69, 9.17) is 4.74 Å². The second kappa shape index (κ2) is 5.27. The Morgan fingerprint density at radius 2 is 2.18 bits per heavy atom. The molecule has 0 spiro atoms. The van der Waals surface area contributed by atoms with E-state index in [0.717, 1.165) is 11.5 Å². The summed E-state index contributed by atoms with van der Waals surface area (Å²) in [6.45, 7) is 3.27. The Bertz CT molecular complexity index is 324. The van der Waals surface area contributed by atoms with Gasteiger partial charge in [0.05, 0.1) is 12.6 Å². The highest BCUT2D eigenvalue weighted by atomic mass is 32.2. The number of hydrogen-bond donors (Lipinski definition) is 0. The van der Waals surface area contributed by atoms with Gasteiger partial charge in [0.25, 0.3) is 5.91 Å². The predicted molar refractivity (Wildman–Crippen MR) is 66.0 cm³/mol. The van der Waals surface area contributed by atoms with Crippen molar-refractivity contribution in [3.05, 3.63) is 0 Å². The number of rotatable bonds is 4. The van der Waals surface area contributed by atoms with Crippen LogP contribution in [0.3, 0.4) is 0 Å². The van der Waals surface area contributed by atoms with Gasteiger partial charge in [-0.1, -0.05) is 6.92 Å². The molecule has 2 aliphatic rings. The number of imide groups is 1. The second-order valence-corrected chi connectivity index (χ2v) is 5.62. The summed E-state index contributed by atoms with van der Waals surface area (Å²) in [5.41, 5.74) is 0. The number of methoxy groups -OCH3 is 1. The maximum atomic E-state index is 12.1. The van der Waals surface area contributed by atoms with Crippen LogP contribution in [0.15, 0.2) is 0 Å². The Labute approximate surface area is 105 Å². The fraction of sp³-hybridized carbons (Fsp3) is 0.818. The molecule has 6 heteroatoms. The van der Waals surface area contributed by atoms with Gasteiger partial charge in [0, 0.05) is 19.4 Å². The van der Waals surface area contributed by atoms with E-state index in [9.17, 15) is 9.59 Å². The summed E-state index contributed by atoms with van der Waals surface area (Å²) in [4.78, 5) is 27.1. The van der Waals surface area contributed by atoms with Gasteiger partial charge in [-0.25, -0.2) is 4.79 Å². The van der Waals surface area contributed by atoms with Crippen LogP contribution < -0.4 is 0 Å². The van der Waals surface area contributed by atoms with Gasteiger partial charge in [-0.3, -0.25) is 9.69 Å². The van der Waals surface area contributed by atoms with Gasteiger partial charge in [-0.15, -0.1) is 0 Å². The SMILES string of the molecule is COCCN1CC(=O)N([C@@H]2CSC[C@@H]2C)C1=O. The molecule has 0 aromatic heterocycles. The Balaban J connectivity index is 2.03. The molecular weight excluding hydrogens is 240 g/mol. The molecule has 2 rings (SSSR count). The lowest BCUT2D eigenvalue weighted by molar-refractivity contribution is -0.127. The van der Waals surface area contributed by atoms with Crippen LogP contribution in [0.25, 0.3) is 0 Å². The lowest BCUT2D eigenvalue weighted by Gasteiger charge is -2.25. The largest absolute Gasteiger partial charge is 0.383 e. The van der Waals surface area contributed by atoms with Gasteiger partial charge < -0.3 is 9.64 Å². The molecule has 5 nitrogen and oxygen atoms in total. The lowest BCUT2D eigenvalue weighted by Crippen LogP contribution is -2.44. The number of hydrogen-bond acceptors (Lipinski definition) is 4. The van der Waals surface area contributed by atoms with Crippen LogP contribution in [0.1, 0.15) is 6.92 Å². The average molecular weight is 258 g/mol. The Hall–Kier alpha value is -0.750. The third kappa shape index (κ3) is 2.42. The molecule has 2 fully saturated rings. The molecule has 2 heterocycles. The normalized spacial score (nSPS) is 29.5. The van der Waals surface area contributed by atoms with Crippen molar-refractivity contribution in [1.29, 1.82) is 0 Å². The van der Waals surface area contributed by atoms with Crippen molar-refractivity contribution in [3.63, 3.8) is 0 Å². The van der Waals surface area contributed by atoms with Crippen molar-refractivity contribution >= 4 is 23.7 Å². The summed E-state index contributed by atoms with van der Waals surface area (Å²) in [5, 5.41) is 0. The van der Waals surface area contributed by atoms with Crippen LogP contribution in [-0.4, -0.2) is 66.1 Å². The topological polar surface area (TPSA) is 49.9 Å². The van der Waals surface area contributed by atoms with Crippen molar-refractivity contribution in [2.24, 2.45) is 5.92 Å². The van der Waals surface area contributed by atoms with Crippen molar-refractivity contribution in [2.45, 2.75) is 13.0 Å².